The Morgan fingerprint density at radius 2 is 2.17 bits per heavy atom. The van der Waals surface area contributed by atoms with Crippen molar-refractivity contribution < 1.29 is 4.79 Å². The van der Waals surface area contributed by atoms with Gasteiger partial charge in [-0.3, -0.25) is 9.69 Å². The smallest absolute Gasteiger partial charge is 0.317 e. The van der Waals surface area contributed by atoms with Crippen molar-refractivity contribution in [3.63, 3.8) is 0 Å². The van der Waals surface area contributed by atoms with Gasteiger partial charge in [-0.15, -0.1) is 11.3 Å². The summed E-state index contributed by atoms with van der Waals surface area (Å²) in [7, 11) is 2.02. The molecule has 2 aromatic heterocycles. The van der Waals surface area contributed by atoms with Gasteiger partial charge >= 0.3 is 6.03 Å². The van der Waals surface area contributed by atoms with E-state index in [1.165, 1.54) is 0 Å². The van der Waals surface area contributed by atoms with Crippen LogP contribution in [-0.4, -0.2) is 52.1 Å². The van der Waals surface area contributed by atoms with Gasteiger partial charge < -0.3 is 14.8 Å². The molecular formula is C21H29N5O2S. The molecule has 2 amide bonds. The molecule has 1 saturated heterocycles. The Kier molecular flexibility index (Phi) is 6.01. The molecule has 0 aliphatic carbocycles. The number of hydrogen-bond donors (Lipinski definition) is 1. The second kappa shape index (κ2) is 8.67. The number of aromatic nitrogens is 2. The summed E-state index contributed by atoms with van der Waals surface area (Å²) in [5.74, 6) is 0.582. The summed E-state index contributed by atoms with van der Waals surface area (Å²) < 4.78 is 1.96. The van der Waals surface area contributed by atoms with Crippen LogP contribution in [0.4, 0.5) is 4.79 Å². The number of hydrogen-bond acceptors (Lipinski definition) is 5. The number of urea groups is 1. The molecule has 0 aromatic carbocycles. The van der Waals surface area contributed by atoms with Crippen molar-refractivity contribution in [3.8, 4) is 0 Å². The third kappa shape index (κ3) is 4.38. The number of nitrogens with one attached hydrogen (secondary N) is 1. The number of nitrogens with zero attached hydrogens (tertiary/aromatic N) is 4. The number of likely N-dealkylation sites (tertiary alicyclic amines) is 1. The Bertz CT molecular complexity index is 910. The van der Waals surface area contributed by atoms with Gasteiger partial charge in [0.05, 0.1) is 11.2 Å². The summed E-state index contributed by atoms with van der Waals surface area (Å²) in [6.45, 7) is 6.22. The Balaban J connectivity index is 1.48. The number of fused-ring (bicyclic) bond motifs is 4. The van der Waals surface area contributed by atoms with Gasteiger partial charge in [0.25, 0.3) is 5.56 Å². The molecule has 0 spiro atoms. The Morgan fingerprint density at radius 3 is 2.93 bits per heavy atom. The number of rotatable bonds is 6. The van der Waals surface area contributed by atoms with Gasteiger partial charge in [-0.2, -0.15) is 0 Å². The highest BCUT2D eigenvalue weighted by Crippen LogP contribution is 2.35. The zero-order valence-electron chi connectivity index (χ0n) is 17.1. The summed E-state index contributed by atoms with van der Waals surface area (Å²) >= 11 is 1.59. The van der Waals surface area contributed by atoms with Crippen molar-refractivity contribution in [2.75, 3.05) is 26.7 Å². The van der Waals surface area contributed by atoms with E-state index < -0.39 is 0 Å². The number of carbonyl (C=O) groups excluding carboxylic acids is 1. The van der Waals surface area contributed by atoms with E-state index in [-0.39, 0.29) is 17.5 Å². The third-order valence-corrected chi connectivity index (χ3v) is 6.49. The molecule has 29 heavy (non-hydrogen) atoms. The quantitative estimate of drug-likeness (QED) is 0.787. The maximum atomic E-state index is 13.2. The van der Waals surface area contributed by atoms with Crippen molar-refractivity contribution in [2.45, 2.75) is 45.3 Å². The van der Waals surface area contributed by atoms with Crippen LogP contribution in [0, 0.1) is 5.92 Å². The fraction of sp³-hybridized carbons (Fsp3) is 0.571. The SMILES string of the molecule is CCCNC(=O)N1C[C@@H]2C[C@H](C1)c1ccc(CN(C)Cc3cscn3)c(=O)n1C2. The molecule has 2 atom stereocenters. The van der Waals surface area contributed by atoms with Crippen LogP contribution in [0.5, 0.6) is 0 Å². The molecule has 2 bridgehead atoms. The van der Waals surface area contributed by atoms with Crippen LogP contribution < -0.4 is 10.9 Å². The summed E-state index contributed by atoms with van der Waals surface area (Å²) in [5, 5.41) is 5.03. The molecule has 2 aliphatic rings. The summed E-state index contributed by atoms with van der Waals surface area (Å²) in [5.41, 5.74) is 4.88. The molecule has 4 heterocycles. The molecule has 4 rings (SSSR count). The first-order valence-corrected chi connectivity index (χ1v) is 11.3. The van der Waals surface area contributed by atoms with Crippen molar-refractivity contribution in [1.29, 1.82) is 0 Å². The standard InChI is InChI=1S/C21H29N5O2S/c1-3-6-22-21(28)25-8-15-7-17(11-25)19-5-4-16(20(27)26(19)9-15)10-24(2)12-18-13-29-14-23-18/h4-5,13-15,17H,3,6-12H2,1-2H3,(H,22,28)/t15-,17+/m0/s1. The minimum absolute atomic E-state index is 0.0256. The van der Waals surface area contributed by atoms with E-state index in [1.807, 2.05) is 33.5 Å². The third-order valence-electron chi connectivity index (χ3n) is 5.85. The van der Waals surface area contributed by atoms with Crippen LogP contribution in [0.2, 0.25) is 0 Å². The molecule has 8 heteroatoms. The van der Waals surface area contributed by atoms with Gasteiger partial charge in [0.1, 0.15) is 0 Å². The normalized spacial score (nSPS) is 20.6. The molecule has 2 aromatic rings. The van der Waals surface area contributed by atoms with Crippen LogP contribution in [-0.2, 0) is 19.6 Å². The van der Waals surface area contributed by atoms with Crippen molar-refractivity contribution in [2.24, 2.45) is 5.92 Å². The van der Waals surface area contributed by atoms with Gasteiger partial charge in [-0.25, -0.2) is 9.78 Å². The van der Waals surface area contributed by atoms with Crippen LogP contribution in [0.25, 0.3) is 0 Å². The zero-order valence-corrected chi connectivity index (χ0v) is 18.0. The van der Waals surface area contributed by atoms with E-state index in [4.69, 9.17) is 0 Å². The number of piperidine rings is 1. The van der Waals surface area contributed by atoms with E-state index in [1.54, 1.807) is 11.3 Å². The number of carbonyl (C=O) groups is 1. The molecule has 0 unspecified atom stereocenters. The number of thiazole rings is 1. The lowest BCUT2D eigenvalue weighted by atomic mass is 9.83. The predicted octanol–water partition coefficient (Wildman–Crippen LogP) is 2.48. The lowest BCUT2D eigenvalue weighted by Crippen LogP contribution is -2.52. The fourth-order valence-corrected chi connectivity index (χ4v) is 5.11. The average molecular weight is 416 g/mol. The van der Waals surface area contributed by atoms with Gasteiger partial charge in [0.15, 0.2) is 0 Å². The van der Waals surface area contributed by atoms with Crippen LogP contribution in [0.15, 0.2) is 27.8 Å². The molecule has 2 aliphatic heterocycles. The van der Waals surface area contributed by atoms with Crippen molar-refractivity contribution in [1.82, 2.24) is 24.7 Å². The lowest BCUT2D eigenvalue weighted by molar-refractivity contribution is 0.131. The second-order valence-electron chi connectivity index (χ2n) is 8.29. The summed E-state index contributed by atoms with van der Waals surface area (Å²) in [6, 6.07) is 4.10. The van der Waals surface area contributed by atoms with Gasteiger partial charge in [0, 0.05) is 61.8 Å². The lowest BCUT2D eigenvalue weighted by Gasteiger charge is -2.42. The largest absolute Gasteiger partial charge is 0.338 e. The summed E-state index contributed by atoms with van der Waals surface area (Å²) in [6.07, 6.45) is 1.99. The second-order valence-corrected chi connectivity index (χ2v) is 9.01. The first-order valence-electron chi connectivity index (χ1n) is 10.4. The molecule has 1 fully saturated rings. The van der Waals surface area contributed by atoms with Gasteiger partial charge in [-0.1, -0.05) is 13.0 Å². The first-order chi connectivity index (χ1) is 14.0. The summed E-state index contributed by atoms with van der Waals surface area (Å²) in [4.78, 5) is 34.0. The van der Waals surface area contributed by atoms with E-state index in [2.05, 4.69) is 28.2 Å². The molecule has 1 N–H and O–H groups in total. The van der Waals surface area contributed by atoms with E-state index in [0.717, 1.165) is 42.9 Å². The zero-order chi connectivity index (χ0) is 20.4. The van der Waals surface area contributed by atoms with Crippen LogP contribution in [0.3, 0.4) is 0 Å². The Hall–Kier alpha value is -2.19. The van der Waals surface area contributed by atoms with E-state index in [9.17, 15) is 9.59 Å². The first kappa shape index (κ1) is 20.1. The predicted molar refractivity (Wildman–Crippen MR) is 114 cm³/mol. The molecule has 0 saturated carbocycles. The average Bonchev–Trinajstić information content (AvgIpc) is 3.21. The highest BCUT2D eigenvalue weighted by atomic mass is 32.1. The topological polar surface area (TPSA) is 70.5 Å². The van der Waals surface area contributed by atoms with Crippen LogP contribution >= 0.6 is 11.3 Å². The van der Waals surface area contributed by atoms with Crippen molar-refractivity contribution >= 4 is 17.4 Å². The fourth-order valence-electron chi connectivity index (χ4n) is 4.56. The maximum absolute atomic E-state index is 13.2. The van der Waals surface area contributed by atoms with E-state index in [0.29, 0.717) is 32.1 Å². The van der Waals surface area contributed by atoms with Crippen LogP contribution in [0.1, 0.15) is 42.6 Å². The molecule has 0 radical (unpaired) electrons. The molecule has 7 nitrogen and oxygen atoms in total. The van der Waals surface area contributed by atoms with Gasteiger partial charge in [0.2, 0.25) is 0 Å². The minimum Gasteiger partial charge on any atom is -0.338 e. The van der Waals surface area contributed by atoms with Gasteiger partial charge in [-0.05, 0) is 31.9 Å². The number of amides is 2. The Morgan fingerprint density at radius 1 is 1.31 bits per heavy atom. The monoisotopic (exact) mass is 415 g/mol. The molecular weight excluding hydrogens is 386 g/mol. The number of pyridine rings is 1. The minimum atomic E-state index is 0.0256. The highest BCUT2D eigenvalue weighted by molar-refractivity contribution is 7.07. The molecule has 156 valence electrons. The maximum Gasteiger partial charge on any atom is 0.317 e. The Labute approximate surface area is 175 Å². The van der Waals surface area contributed by atoms with E-state index >= 15 is 0 Å². The van der Waals surface area contributed by atoms with Crippen molar-refractivity contribution in [3.05, 3.63) is 50.3 Å². The highest BCUT2D eigenvalue weighted by Gasteiger charge is 2.36.